The molecule has 132 valence electrons. The number of benzene rings is 1. The molecule has 3 atom stereocenters. The molecule has 2 aromatic rings. The Morgan fingerprint density at radius 2 is 2.00 bits per heavy atom. The van der Waals surface area contributed by atoms with E-state index in [0.717, 1.165) is 0 Å². The second kappa shape index (κ2) is 5.85. The van der Waals surface area contributed by atoms with E-state index in [2.05, 4.69) is 10.2 Å². The first-order chi connectivity index (χ1) is 11.8. The van der Waals surface area contributed by atoms with E-state index in [4.69, 9.17) is 4.74 Å². The van der Waals surface area contributed by atoms with Gasteiger partial charge in [-0.25, -0.2) is 0 Å². The summed E-state index contributed by atoms with van der Waals surface area (Å²) in [5.74, 6) is -2.47. The number of esters is 1. The zero-order chi connectivity index (χ0) is 18.4. The van der Waals surface area contributed by atoms with Gasteiger partial charge in [-0.05, 0) is 12.5 Å². The highest BCUT2D eigenvalue weighted by molar-refractivity contribution is 5.77. The van der Waals surface area contributed by atoms with Gasteiger partial charge in [0.25, 0.3) is 11.2 Å². The normalized spacial score (nSPS) is 25.2. The highest BCUT2D eigenvalue weighted by atomic mass is 16.6. The lowest BCUT2D eigenvalue weighted by Crippen LogP contribution is -2.49. The van der Waals surface area contributed by atoms with Gasteiger partial charge in [0.15, 0.2) is 0 Å². The molecule has 0 spiro atoms. The van der Waals surface area contributed by atoms with E-state index >= 15 is 0 Å². The van der Waals surface area contributed by atoms with E-state index in [9.17, 15) is 24.8 Å². The number of hydrogen-bond donors (Lipinski definition) is 3. The molecule has 1 aromatic carbocycles. The van der Waals surface area contributed by atoms with E-state index in [-0.39, 0.29) is 12.1 Å². The number of aromatic nitrogens is 2. The maximum atomic E-state index is 12.4. The van der Waals surface area contributed by atoms with E-state index < -0.39 is 33.9 Å². The van der Waals surface area contributed by atoms with Crippen molar-refractivity contribution in [2.75, 3.05) is 7.11 Å². The maximum absolute atomic E-state index is 12.4. The number of nitro groups is 1. The molecule has 0 fully saturated rings. The first-order valence-corrected chi connectivity index (χ1v) is 7.60. The third-order valence-electron chi connectivity index (χ3n) is 4.66. The lowest BCUT2D eigenvalue weighted by Gasteiger charge is -2.40. The molecule has 0 saturated heterocycles. The monoisotopic (exact) mass is 347 g/mol. The summed E-state index contributed by atoms with van der Waals surface area (Å²) in [7, 11) is 1.21. The van der Waals surface area contributed by atoms with Crippen LogP contribution in [0, 0.1) is 16.0 Å². The van der Waals surface area contributed by atoms with Crippen molar-refractivity contribution in [3.05, 3.63) is 61.6 Å². The van der Waals surface area contributed by atoms with Gasteiger partial charge < -0.3 is 14.9 Å². The van der Waals surface area contributed by atoms with Crippen LogP contribution in [0.15, 0.2) is 29.1 Å². The molecule has 0 radical (unpaired) electrons. The molecule has 0 aliphatic heterocycles. The summed E-state index contributed by atoms with van der Waals surface area (Å²) in [4.78, 5) is 35.0. The molecule has 1 aliphatic carbocycles. The zero-order valence-electron chi connectivity index (χ0n) is 13.6. The Labute approximate surface area is 141 Å². The Bertz CT molecular complexity index is 880. The van der Waals surface area contributed by atoms with Crippen LogP contribution in [0.1, 0.15) is 29.7 Å². The van der Waals surface area contributed by atoms with Crippen molar-refractivity contribution in [2.45, 2.75) is 24.9 Å². The Kier molecular flexibility index (Phi) is 3.96. The SMILES string of the molecule is COC(=O)[C@@H]1[C@H](c2ccc([N+](=O)[O-])cc2)c2c([nH][nH]c2=O)C[C@]1(C)O. The van der Waals surface area contributed by atoms with E-state index in [1.165, 1.54) is 38.3 Å². The average molecular weight is 347 g/mol. The van der Waals surface area contributed by atoms with Gasteiger partial charge in [0.05, 0.1) is 23.6 Å². The van der Waals surface area contributed by atoms with Crippen LogP contribution in [0.25, 0.3) is 0 Å². The molecule has 0 amide bonds. The van der Waals surface area contributed by atoms with Crippen molar-refractivity contribution < 1.29 is 19.6 Å². The van der Waals surface area contributed by atoms with Crippen molar-refractivity contribution >= 4 is 11.7 Å². The molecular weight excluding hydrogens is 330 g/mol. The Morgan fingerprint density at radius 3 is 2.56 bits per heavy atom. The number of aromatic amines is 2. The highest BCUT2D eigenvalue weighted by Gasteiger charge is 2.51. The molecule has 1 heterocycles. The Balaban J connectivity index is 2.20. The molecule has 0 saturated carbocycles. The van der Waals surface area contributed by atoms with Crippen LogP contribution in [-0.2, 0) is 16.0 Å². The maximum Gasteiger partial charge on any atom is 0.312 e. The van der Waals surface area contributed by atoms with E-state index in [1.54, 1.807) is 0 Å². The zero-order valence-corrected chi connectivity index (χ0v) is 13.6. The molecular formula is C16H17N3O6. The number of nitro benzene ring substituents is 1. The number of ether oxygens (including phenoxy) is 1. The number of hydrogen-bond acceptors (Lipinski definition) is 6. The van der Waals surface area contributed by atoms with Crippen molar-refractivity contribution in [3.63, 3.8) is 0 Å². The molecule has 1 aliphatic rings. The summed E-state index contributed by atoms with van der Waals surface area (Å²) in [6, 6.07) is 5.56. The van der Waals surface area contributed by atoms with Crippen LogP contribution in [0.3, 0.4) is 0 Å². The minimum Gasteiger partial charge on any atom is -0.469 e. The number of fused-ring (bicyclic) bond motifs is 1. The van der Waals surface area contributed by atoms with Gasteiger partial charge in [-0.1, -0.05) is 12.1 Å². The fraction of sp³-hybridized carbons (Fsp3) is 0.375. The number of nitrogens with zero attached hydrogens (tertiary/aromatic N) is 1. The second-order valence-corrected chi connectivity index (χ2v) is 6.33. The molecule has 0 unspecified atom stereocenters. The number of nitrogens with one attached hydrogen (secondary N) is 2. The smallest absolute Gasteiger partial charge is 0.312 e. The number of non-ortho nitro benzene ring substituents is 1. The van der Waals surface area contributed by atoms with Crippen LogP contribution in [0.2, 0.25) is 0 Å². The minimum absolute atomic E-state index is 0.0737. The number of methoxy groups -OCH3 is 1. The summed E-state index contributed by atoms with van der Waals surface area (Å²) < 4.78 is 4.84. The molecule has 25 heavy (non-hydrogen) atoms. The largest absolute Gasteiger partial charge is 0.469 e. The number of H-pyrrole nitrogens is 2. The first kappa shape index (κ1) is 16.9. The van der Waals surface area contributed by atoms with Crippen molar-refractivity contribution in [1.82, 2.24) is 10.2 Å². The van der Waals surface area contributed by atoms with Crippen LogP contribution in [-0.4, -0.2) is 38.9 Å². The number of carbonyl (C=O) groups excluding carboxylic acids is 1. The predicted molar refractivity (Wildman–Crippen MR) is 86.2 cm³/mol. The van der Waals surface area contributed by atoms with Crippen LogP contribution >= 0.6 is 0 Å². The minimum atomic E-state index is -1.46. The van der Waals surface area contributed by atoms with Crippen LogP contribution in [0.4, 0.5) is 5.69 Å². The molecule has 0 bridgehead atoms. The van der Waals surface area contributed by atoms with Gasteiger partial charge in [-0.3, -0.25) is 24.8 Å². The van der Waals surface area contributed by atoms with Crippen molar-refractivity contribution in [2.24, 2.45) is 5.92 Å². The number of aliphatic hydroxyl groups is 1. The quantitative estimate of drug-likeness (QED) is 0.427. The molecule has 3 rings (SSSR count). The van der Waals surface area contributed by atoms with E-state index in [1.807, 2.05) is 0 Å². The fourth-order valence-corrected chi connectivity index (χ4v) is 3.55. The van der Waals surface area contributed by atoms with Gasteiger partial charge in [-0.2, -0.15) is 0 Å². The summed E-state index contributed by atoms with van der Waals surface area (Å²) in [5, 5.41) is 26.9. The van der Waals surface area contributed by atoms with Crippen LogP contribution < -0.4 is 5.56 Å². The predicted octanol–water partition coefficient (Wildman–Crippen LogP) is 0.839. The third-order valence-corrected chi connectivity index (χ3v) is 4.66. The number of carbonyl (C=O) groups is 1. The Hall–Kier alpha value is -2.94. The standard InChI is InChI=1S/C16H17N3O6/c1-16(22)7-10-12(14(20)18-17-10)11(13(16)15(21)25-2)8-3-5-9(6-4-8)19(23)24/h3-6,11,13,22H,7H2,1-2H3,(H2,17,18,20)/t11-,13+,16+/m1/s1. The Morgan fingerprint density at radius 1 is 1.36 bits per heavy atom. The third kappa shape index (κ3) is 2.72. The summed E-state index contributed by atoms with van der Waals surface area (Å²) in [6.45, 7) is 1.50. The van der Waals surface area contributed by atoms with Gasteiger partial charge in [0, 0.05) is 35.7 Å². The topological polar surface area (TPSA) is 138 Å². The molecule has 9 heteroatoms. The summed E-state index contributed by atoms with van der Waals surface area (Å²) in [6.07, 6.45) is 0.0737. The van der Waals surface area contributed by atoms with Crippen LogP contribution in [0.5, 0.6) is 0 Å². The molecule has 9 nitrogen and oxygen atoms in total. The highest BCUT2D eigenvalue weighted by Crippen LogP contribution is 2.44. The van der Waals surface area contributed by atoms with Crippen molar-refractivity contribution in [3.8, 4) is 0 Å². The summed E-state index contributed by atoms with van der Waals surface area (Å²) >= 11 is 0. The second-order valence-electron chi connectivity index (χ2n) is 6.33. The fourth-order valence-electron chi connectivity index (χ4n) is 3.55. The lowest BCUT2D eigenvalue weighted by molar-refractivity contribution is -0.384. The van der Waals surface area contributed by atoms with Gasteiger partial charge >= 0.3 is 5.97 Å². The van der Waals surface area contributed by atoms with Gasteiger partial charge in [-0.15, -0.1) is 0 Å². The molecule has 3 N–H and O–H groups in total. The lowest BCUT2D eigenvalue weighted by atomic mass is 9.66. The van der Waals surface area contributed by atoms with Crippen molar-refractivity contribution in [1.29, 1.82) is 0 Å². The average Bonchev–Trinajstić information content (AvgIpc) is 2.92. The van der Waals surface area contributed by atoms with Gasteiger partial charge in [0.2, 0.25) is 0 Å². The number of rotatable bonds is 3. The van der Waals surface area contributed by atoms with Gasteiger partial charge in [0.1, 0.15) is 0 Å². The van der Waals surface area contributed by atoms with E-state index in [0.29, 0.717) is 16.8 Å². The molecule has 1 aromatic heterocycles. The first-order valence-electron chi connectivity index (χ1n) is 7.60. The summed E-state index contributed by atoms with van der Waals surface area (Å²) in [5.41, 5.74) is -0.633.